The molecule has 2 atom stereocenters. The van der Waals surface area contributed by atoms with Gasteiger partial charge in [0.05, 0.1) is 13.2 Å². The van der Waals surface area contributed by atoms with Crippen molar-refractivity contribution in [1.82, 2.24) is 4.90 Å². The van der Waals surface area contributed by atoms with Gasteiger partial charge >= 0.3 is 5.97 Å². The summed E-state index contributed by atoms with van der Waals surface area (Å²) < 4.78 is 17.7. The summed E-state index contributed by atoms with van der Waals surface area (Å²) in [5, 5.41) is 9.29. The fraction of sp³-hybridized carbons (Fsp3) is 0.500. The number of rotatable bonds is 6. The van der Waals surface area contributed by atoms with Gasteiger partial charge < -0.3 is 9.84 Å². The fourth-order valence-corrected chi connectivity index (χ4v) is 1.85. The van der Waals surface area contributed by atoms with E-state index in [1.54, 1.807) is 31.0 Å². The normalized spacial score (nSPS) is 14.2. The SMILES string of the molecule is COC(=O)C(c1ccc(F)cc1)N(C)CCC(C)O. The molecule has 0 aliphatic rings. The maximum Gasteiger partial charge on any atom is 0.327 e. The third-order valence-corrected chi connectivity index (χ3v) is 2.95. The zero-order valence-electron chi connectivity index (χ0n) is 11.5. The summed E-state index contributed by atoms with van der Waals surface area (Å²) in [6.07, 6.45) is 0.111. The number of ether oxygens (including phenoxy) is 1. The second-order valence-electron chi connectivity index (χ2n) is 4.60. The Morgan fingerprint density at radius 2 is 2.00 bits per heavy atom. The van der Waals surface area contributed by atoms with Gasteiger partial charge in [-0.2, -0.15) is 0 Å². The van der Waals surface area contributed by atoms with E-state index in [1.165, 1.54) is 19.2 Å². The average molecular weight is 269 g/mol. The number of benzene rings is 1. The van der Waals surface area contributed by atoms with Crippen LogP contribution >= 0.6 is 0 Å². The Balaban J connectivity index is 2.88. The summed E-state index contributed by atoms with van der Waals surface area (Å²) in [5.41, 5.74) is 0.668. The predicted octanol–water partition coefficient (Wildman–Crippen LogP) is 1.74. The molecule has 0 spiro atoms. The van der Waals surface area contributed by atoms with Crippen molar-refractivity contribution in [2.75, 3.05) is 20.7 Å². The maximum absolute atomic E-state index is 12.9. The third kappa shape index (κ3) is 4.61. The number of hydrogen-bond donors (Lipinski definition) is 1. The van der Waals surface area contributed by atoms with E-state index in [-0.39, 0.29) is 5.82 Å². The summed E-state index contributed by atoms with van der Waals surface area (Å²) in [6.45, 7) is 2.23. The molecule has 0 amide bonds. The van der Waals surface area contributed by atoms with Gasteiger partial charge in [0.25, 0.3) is 0 Å². The maximum atomic E-state index is 12.9. The summed E-state index contributed by atoms with van der Waals surface area (Å²) >= 11 is 0. The molecule has 4 nitrogen and oxygen atoms in total. The molecule has 5 heteroatoms. The number of esters is 1. The van der Waals surface area contributed by atoms with Crippen LogP contribution < -0.4 is 0 Å². The molecule has 0 aromatic heterocycles. The van der Waals surface area contributed by atoms with Crippen molar-refractivity contribution in [3.05, 3.63) is 35.6 Å². The lowest BCUT2D eigenvalue weighted by Gasteiger charge is -2.26. The minimum absolute atomic E-state index is 0.348. The summed E-state index contributed by atoms with van der Waals surface area (Å²) in [4.78, 5) is 13.6. The Morgan fingerprint density at radius 1 is 1.42 bits per heavy atom. The second-order valence-corrected chi connectivity index (χ2v) is 4.60. The molecule has 2 unspecified atom stereocenters. The van der Waals surface area contributed by atoms with Crippen LogP contribution in [0.2, 0.25) is 0 Å². The van der Waals surface area contributed by atoms with E-state index in [0.29, 0.717) is 18.5 Å². The van der Waals surface area contributed by atoms with Crippen molar-refractivity contribution in [2.45, 2.75) is 25.5 Å². The molecule has 0 radical (unpaired) electrons. The monoisotopic (exact) mass is 269 g/mol. The number of nitrogens with zero attached hydrogens (tertiary/aromatic N) is 1. The molecule has 0 saturated carbocycles. The van der Waals surface area contributed by atoms with Crippen molar-refractivity contribution in [1.29, 1.82) is 0 Å². The van der Waals surface area contributed by atoms with E-state index < -0.39 is 18.1 Å². The molecule has 19 heavy (non-hydrogen) atoms. The van der Waals surface area contributed by atoms with E-state index in [2.05, 4.69) is 0 Å². The van der Waals surface area contributed by atoms with Crippen LogP contribution in [0.25, 0.3) is 0 Å². The third-order valence-electron chi connectivity index (χ3n) is 2.95. The molecular formula is C14H20FNO3. The average Bonchev–Trinajstić information content (AvgIpc) is 2.38. The number of likely N-dealkylation sites (N-methyl/N-ethyl adjacent to an activating group) is 1. The predicted molar refractivity (Wildman–Crippen MR) is 70.1 cm³/mol. The van der Waals surface area contributed by atoms with Crippen molar-refractivity contribution >= 4 is 5.97 Å². The van der Waals surface area contributed by atoms with Crippen molar-refractivity contribution in [2.24, 2.45) is 0 Å². The first-order chi connectivity index (χ1) is 8.95. The van der Waals surface area contributed by atoms with E-state index in [4.69, 9.17) is 4.74 Å². The van der Waals surface area contributed by atoms with Crippen LogP contribution in [0.4, 0.5) is 4.39 Å². The van der Waals surface area contributed by atoms with Crippen molar-refractivity contribution in [3.8, 4) is 0 Å². The lowest BCUT2D eigenvalue weighted by Crippen LogP contribution is -2.33. The smallest absolute Gasteiger partial charge is 0.327 e. The largest absolute Gasteiger partial charge is 0.468 e. The zero-order chi connectivity index (χ0) is 14.4. The number of hydrogen-bond acceptors (Lipinski definition) is 4. The van der Waals surface area contributed by atoms with Crippen LogP contribution in [0.3, 0.4) is 0 Å². The number of aliphatic hydroxyl groups excluding tert-OH is 1. The molecule has 0 aliphatic carbocycles. The van der Waals surface area contributed by atoms with Crippen molar-refractivity contribution in [3.63, 3.8) is 0 Å². The summed E-state index contributed by atoms with van der Waals surface area (Å²) in [6, 6.07) is 5.16. The molecule has 0 fully saturated rings. The molecule has 0 aliphatic heterocycles. The molecular weight excluding hydrogens is 249 g/mol. The number of aliphatic hydroxyl groups is 1. The first kappa shape index (κ1) is 15.6. The Bertz CT molecular complexity index is 406. The molecule has 1 aromatic carbocycles. The Kier molecular flexibility index (Phi) is 5.92. The molecule has 1 aromatic rings. The highest BCUT2D eigenvalue weighted by molar-refractivity contribution is 5.77. The van der Waals surface area contributed by atoms with E-state index in [0.717, 1.165) is 0 Å². The van der Waals surface area contributed by atoms with Gasteiger partial charge in [0, 0.05) is 6.54 Å². The van der Waals surface area contributed by atoms with Gasteiger partial charge in [-0.1, -0.05) is 12.1 Å². The lowest BCUT2D eigenvalue weighted by atomic mass is 10.1. The first-order valence-electron chi connectivity index (χ1n) is 6.17. The first-order valence-corrected chi connectivity index (χ1v) is 6.17. The van der Waals surface area contributed by atoms with Gasteiger partial charge in [0.2, 0.25) is 0 Å². The minimum atomic E-state index is -0.593. The molecule has 106 valence electrons. The van der Waals surface area contributed by atoms with Crippen molar-refractivity contribution < 1.29 is 19.0 Å². The Labute approximate surface area is 112 Å². The van der Waals surface area contributed by atoms with Gasteiger partial charge in [-0.25, -0.2) is 9.18 Å². The van der Waals surface area contributed by atoms with E-state index in [1.807, 2.05) is 0 Å². The molecule has 0 saturated heterocycles. The molecule has 0 heterocycles. The van der Waals surface area contributed by atoms with E-state index >= 15 is 0 Å². The molecule has 1 N–H and O–H groups in total. The van der Waals surface area contributed by atoms with Crippen LogP contribution in [-0.4, -0.2) is 42.8 Å². The van der Waals surface area contributed by atoms with E-state index in [9.17, 15) is 14.3 Å². The van der Waals surface area contributed by atoms with Gasteiger partial charge in [0.1, 0.15) is 11.9 Å². The topological polar surface area (TPSA) is 49.8 Å². The van der Waals surface area contributed by atoms with Crippen LogP contribution in [-0.2, 0) is 9.53 Å². The number of carbonyl (C=O) groups excluding carboxylic acids is 1. The Hall–Kier alpha value is -1.46. The van der Waals surface area contributed by atoms with Crippen LogP contribution in [0.15, 0.2) is 24.3 Å². The van der Waals surface area contributed by atoms with Crippen LogP contribution in [0.1, 0.15) is 24.9 Å². The lowest BCUT2D eigenvalue weighted by molar-refractivity contribution is -0.146. The van der Waals surface area contributed by atoms with Gasteiger partial charge in [-0.05, 0) is 38.1 Å². The summed E-state index contributed by atoms with van der Waals surface area (Å²) in [5.74, 6) is -0.751. The standard InChI is InChI=1S/C14H20FNO3/c1-10(17)8-9-16(2)13(14(18)19-3)11-4-6-12(15)7-5-11/h4-7,10,13,17H,8-9H2,1-3H3. The highest BCUT2D eigenvalue weighted by Gasteiger charge is 2.26. The Morgan fingerprint density at radius 3 is 2.47 bits per heavy atom. The number of methoxy groups -OCH3 is 1. The quantitative estimate of drug-likeness (QED) is 0.799. The van der Waals surface area contributed by atoms with Crippen LogP contribution in [0, 0.1) is 5.82 Å². The fourth-order valence-electron chi connectivity index (χ4n) is 1.85. The highest BCUT2D eigenvalue weighted by Crippen LogP contribution is 2.21. The van der Waals surface area contributed by atoms with Gasteiger partial charge in [0.15, 0.2) is 0 Å². The zero-order valence-corrected chi connectivity index (χ0v) is 11.5. The minimum Gasteiger partial charge on any atom is -0.468 e. The highest BCUT2D eigenvalue weighted by atomic mass is 19.1. The molecule has 1 rings (SSSR count). The number of halogens is 1. The van der Waals surface area contributed by atoms with Gasteiger partial charge in [-0.3, -0.25) is 4.90 Å². The van der Waals surface area contributed by atoms with Gasteiger partial charge in [-0.15, -0.1) is 0 Å². The summed E-state index contributed by atoms with van der Waals surface area (Å²) in [7, 11) is 3.09. The number of carbonyl (C=O) groups is 1. The second kappa shape index (κ2) is 7.21. The molecule has 0 bridgehead atoms. The van der Waals surface area contributed by atoms with Crippen LogP contribution in [0.5, 0.6) is 0 Å².